The maximum Gasteiger partial charge on any atom is 0.272 e. The lowest BCUT2D eigenvalue weighted by atomic mass is 10.0. The molecule has 3 N–H and O–H groups in total. The van der Waals surface area contributed by atoms with Gasteiger partial charge in [-0.3, -0.25) is 9.89 Å². The fourth-order valence-corrected chi connectivity index (χ4v) is 3.25. The van der Waals surface area contributed by atoms with Gasteiger partial charge in [0.25, 0.3) is 5.91 Å². The van der Waals surface area contributed by atoms with Crippen LogP contribution < -0.4 is 15.4 Å². The SMILES string of the molecule is Cl.O=C(NCCc1cc(F)cc2c1OCOC2)c1n[nH]c2c1CNCC2. The highest BCUT2D eigenvalue weighted by molar-refractivity contribution is 5.94. The third-order valence-corrected chi connectivity index (χ3v) is 4.45. The van der Waals surface area contributed by atoms with Crippen LogP contribution in [0.25, 0.3) is 0 Å². The minimum absolute atomic E-state index is 0. The lowest BCUT2D eigenvalue weighted by Crippen LogP contribution is -2.29. The first-order valence-corrected chi connectivity index (χ1v) is 8.29. The molecule has 7 nitrogen and oxygen atoms in total. The second kappa shape index (κ2) is 8.03. The first-order valence-electron chi connectivity index (χ1n) is 8.29. The van der Waals surface area contributed by atoms with Crippen LogP contribution in [0.1, 0.15) is 32.9 Å². The van der Waals surface area contributed by atoms with Crippen molar-refractivity contribution in [1.29, 1.82) is 0 Å². The fourth-order valence-electron chi connectivity index (χ4n) is 3.25. The minimum Gasteiger partial charge on any atom is -0.467 e. The van der Waals surface area contributed by atoms with Gasteiger partial charge in [-0.1, -0.05) is 0 Å². The highest BCUT2D eigenvalue weighted by atomic mass is 35.5. The Bertz CT molecular complexity index is 812. The third-order valence-electron chi connectivity index (χ3n) is 4.45. The highest BCUT2D eigenvalue weighted by Gasteiger charge is 2.22. The second-order valence-electron chi connectivity index (χ2n) is 6.13. The van der Waals surface area contributed by atoms with Gasteiger partial charge in [0.05, 0.1) is 6.61 Å². The largest absolute Gasteiger partial charge is 0.467 e. The molecule has 4 rings (SSSR count). The Kier molecular flexibility index (Phi) is 5.75. The summed E-state index contributed by atoms with van der Waals surface area (Å²) in [6.07, 6.45) is 1.31. The number of hydrogen-bond donors (Lipinski definition) is 3. The number of carbonyl (C=O) groups is 1. The van der Waals surface area contributed by atoms with E-state index in [4.69, 9.17) is 9.47 Å². The summed E-state index contributed by atoms with van der Waals surface area (Å²) >= 11 is 0. The Morgan fingerprint density at radius 2 is 2.27 bits per heavy atom. The van der Waals surface area contributed by atoms with Crippen molar-refractivity contribution in [2.45, 2.75) is 26.0 Å². The summed E-state index contributed by atoms with van der Waals surface area (Å²) in [4.78, 5) is 12.4. The molecule has 0 unspecified atom stereocenters. The van der Waals surface area contributed by atoms with Crippen molar-refractivity contribution in [3.05, 3.63) is 46.0 Å². The highest BCUT2D eigenvalue weighted by Crippen LogP contribution is 2.29. The van der Waals surface area contributed by atoms with Crippen LogP contribution in [-0.4, -0.2) is 36.0 Å². The van der Waals surface area contributed by atoms with Crippen molar-refractivity contribution < 1.29 is 18.7 Å². The summed E-state index contributed by atoms with van der Waals surface area (Å²) in [6, 6.07) is 2.86. The zero-order chi connectivity index (χ0) is 17.2. The van der Waals surface area contributed by atoms with Crippen LogP contribution in [0, 0.1) is 5.82 Å². The van der Waals surface area contributed by atoms with E-state index in [2.05, 4.69) is 20.8 Å². The van der Waals surface area contributed by atoms with Crippen LogP contribution in [-0.2, 0) is 30.7 Å². The standard InChI is InChI=1S/C17H19FN4O3.ClH/c18-12-5-10(16-11(6-12)8-24-9-25-16)1-4-20-17(23)15-13-7-19-3-2-14(13)21-22-15;/h5-6,19H,1-4,7-9H2,(H,20,23)(H,21,22);1H. The summed E-state index contributed by atoms with van der Waals surface area (Å²) in [5.74, 6) is 0.0978. The van der Waals surface area contributed by atoms with E-state index in [1.54, 1.807) is 0 Å². The number of nitrogens with zero attached hydrogens (tertiary/aromatic N) is 1. The first kappa shape index (κ1) is 18.6. The smallest absolute Gasteiger partial charge is 0.272 e. The maximum atomic E-state index is 13.7. The number of aromatic nitrogens is 2. The number of halogens is 2. The van der Waals surface area contributed by atoms with Gasteiger partial charge in [0.1, 0.15) is 11.6 Å². The fraction of sp³-hybridized carbons (Fsp3) is 0.412. The quantitative estimate of drug-likeness (QED) is 0.745. The average Bonchev–Trinajstić information content (AvgIpc) is 3.05. The number of hydrogen-bond acceptors (Lipinski definition) is 5. The number of aromatic amines is 1. The van der Waals surface area contributed by atoms with Crippen molar-refractivity contribution >= 4 is 18.3 Å². The molecular formula is C17H20ClFN4O3. The Morgan fingerprint density at radius 3 is 3.15 bits per heavy atom. The third kappa shape index (κ3) is 3.67. The van der Waals surface area contributed by atoms with E-state index >= 15 is 0 Å². The molecule has 2 aliphatic rings. The zero-order valence-electron chi connectivity index (χ0n) is 14.1. The molecule has 140 valence electrons. The molecule has 3 heterocycles. The number of nitrogens with one attached hydrogen (secondary N) is 3. The Morgan fingerprint density at radius 1 is 1.38 bits per heavy atom. The number of fused-ring (bicyclic) bond motifs is 2. The number of carbonyl (C=O) groups excluding carboxylic acids is 1. The lowest BCUT2D eigenvalue weighted by Gasteiger charge is -2.21. The van der Waals surface area contributed by atoms with Gasteiger partial charge in [-0.15, -0.1) is 12.4 Å². The first-order chi connectivity index (χ1) is 12.2. The molecule has 0 bridgehead atoms. The predicted molar refractivity (Wildman–Crippen MR) is 94.0 cm³/mol. The molecule has 9 heteroatoms. The van der Waals surface area contributed by atoms with E-state index in [1.165, 1.54) is 12.1 Å². The van der Waals surface area contributed by atoms with E-state index in [9.17, 15) is 9.18 Å². The summed E-state index contributed by atoms with van der Waals surface area (Å²) < 4.78 is 24.4. The Hall–Kier alpha value is -2.16. The molecule has 26 heavy (non-hydrogen) atoms. The van der Waals surface area contributed by atoms with E-state index in [1.807, 2.05) is 0 Å². The summed E-state index contributed by atoms with van der Waals surface area (Å²) in [7, 11) is 0. The number of ether oxygens (including phenoxy) is 2. The average molecular weight is 383 g/mol. The molecule has 0 fully saturated rings. The van der Waals surface area contributed by atoms with Crippen molar-refractivity contribution in [2.75, 3.05) is 19.9 Å². The molecular weight excluding hydrogens is 363 g/mol. The molecule has 1 amide bonds. The van der Waals surface area contributed by atoms with Crippen LogP contribution in [0.2, 0.25) is 0 Å². The summed E-state index contributed by atoms with van der Waals surface area (Å²) in [6.45, 7) is 2.38. The molecule has 1 aromatic heterocycles. The normalized spacial score (nSPS) is 15.3. The number of amides is 1. The van der Waals surface area contributed by atoms with Crippen molar-refractivity contribution in [3.63, 3.8) is 0 Å². The van der Waals surface area contributed by atoms with Crippen LogP contribution in [0.5, 0.6) is 5.75 Å². The molecule has 1 aromatic carbocycles. The van der Waals surface area contributed by atoms with Crippen molar-refractivity contribution in [3.8, 4) is 5.75 Å². The molecule has 0 spiro atoms. The predicted octanol–water partition coefficient (Wildman–Crippen LogP) is 1.46. The molecule has 2 aromatic rings. The molecule has 0 aliphatic carbocycles. The van der Waals surface area contributed by atoms with Crippen LogP contribution in [0.3, 0.4) is 0 Å². The van der Waals surface area contributed by atoms with Gasteiger partial charge in [0.15, 0.2) is 12.5 Å². The van der Waals surface area contributed by atoms with E-state index in [0.29, 0.717) is 43.1 Å². The van der Waals surface area contributed by atoms with Crippen LogP contribution in [0.4, 0.5) is 4.39 Å². The van der Waals surface area contributed by atoms with Crippen molar-refractivity contribution in [1.82, 2.24) is 20.8 Å². The van der Waals surface area contributed by atoms with E-state index < -0.39 is 0 Å². The lowest BCUT2D eigenvalue weighted by molar-refractivity contribution is -0.0172. The monoisotopic (exact) mass is 382 g/mol. The van der Waals surface area contributed by atoms with Gasteiger partial charge in [-0.25, -0.2) is 4.39 Å². The number of rotatable bonds is 4. The Balaban J connectivity index is 0.00000196. The maximum absolute atomic E-state index is 13.7. The van der Waals surface area contributed by atoms with Gasteiger partial charge in [0, 0.05) is 42.9 Å². The summed E-state index contributed by atoms with van der Waals surface area (Å²) in [5.41, 5.74) is 3.78. The van der Waals surface area contributed by atoms with Gasteiger partial charge in [0.2, 0.25) is 0 Å². The molecule has 0 atom stereocenters. The van der Waals surface area contributed by atoms with Crippen LogP contribution in [0.15, 0.2) is 12.1 Å². The number of H-pyrrole nitrogens is 1. The molecule has 0 radical (unpaired) electrons. The molecule has 0 saturated heterocycles. The van der Waals surface area contributed by atoms with Gasteiger partial charge in [-0.05, 0) is 24.1 Å². The zero-order valence-corrected chi connectivity index (χ0v) is 14.9. The molecule has 0 saturated carbocycles. The Labute approximate surface area is 156 Å². The van der Waals surface area contributed by atoms with Gasteiger partial charge < -0.3 is 20.1 Å². The summed E-state index contributed by atoms with van der Waals surface area (Å²) in [5, 5.41) is 13.1. The second-order valence-corrected chi connectivity index (χ2v) is 6.13. The van der Waals surface area contributed by atoms with Crippen LogP contribution >= 0.6 is 12.4 Å². The van der Waals surface area contributed by atoms with Crippen molar-refractivity contribution in [2.24, 2.45) is 0 Å². The number of benzene rings is 1. The van der Waals surface area contributed by atoms with E-state index in [0.717, 1.165) is 29.8 Å². The molecule has 2 aliphatic heterocycles. The minimum atomic E-state index is -0.332. The van der Waals surface area contributed by atoms with Gasteiger partial charge in [-0.2, -0.15) is 5.10 Å². The van der Waals surface area contributed by atoms with E-state index in [-0.39, 0.29) is 30.9 Å². The van der Waals surface area contributed by atoms with Gasteiger partial charge >= 0.3 is 0 Å². The topological polar surface area (TPSA) is 88.3 Å².